The van der Waals surface area contributed by atoms with E-state index < -0.39 is 6.10 Å². The number of anilines is 2. The average molecular weight is 402 g/mol. The van der Waals surface area contributed by atoms with E-state index in [1.807, 2.05) is 24.3 Å². The number of aliphatic hydroxyl groups excluding tert-OH is 1. The van der Waals surface area contributed by atoms with Gasteiger partial charge in [-0.05, 0) is 56.1 Å². The molecule has 1 heterocycles. The van der Waals surface area contributed by atoms with Crippen LogP contribution in [-0.4, -0.2) is 56.1 Å². The highest BCUT2D eigenvalue weighted by molar-refractivity contribution is 5.70. The lowest BCUT2D eigenvalue weighted by molar-refractivity contribution is 0.0504. The number of methoxy groups -OCH3 is 1. The highest BCUT2D eigenvalue weighted by Crippen LogP contribution is 2.28. The van der Waals surface area contributed by atoms with E-state index in [1.165, 1.54) is 0 Å². The van der Waals surface area contributed by atoms with E-state index in [-0.39, 0.29) is 6.61 Å². The topological polar surface area (TPSA) is 103 Å². The van der Waals surface area contributed by atoms with Crippen LogP contribution in [0.25, 0.3) is 0 Å². The number of para-hydroxylation sites is 3. The summed E-state index contributed by atoms with van der Waals surface area (Å²) in [5.41, 5.74) is 12.6. The highest BCUT2D eigenvalue weighted by atomic mass is 16.5. The number of piperidine rings is 1. The summed E-state index contributed by atoms with van der Waals surface area (Å²) in [4.78, 5) is 2.26. The normalized spacial score (nSPS) is 16.3. The number of ether oxygens (including phenoxy) is 3. The second-order valence-electron chi connectivity index (χ2n) is 7.43. The SMILES string of the molecule is COc1ccccc1OCC1CCN(CC(O)COc2cccc(N)c2N)CC1. The molecule has 1 fully saturated rings. The van der Waals surface area contributed by atoms with Crippen molar-refractivity contribution >= 4 is 11.4 Å². The van der Waals surface area contributed by atoms with E-state index in [2.05, 4.69) is 4.90 Å². The van der Waals surface area contributed by atoms with Gasteiger partial charge in [-0.3, -0.25) is 0 Å². The van der Waals surface area contributed by atoms with E-state index in [0.717, 1.165) is 37.4 Å². The molecular formula is C22H31N3O4. The largest absolute Gasteiger partial charge is 0.493 e. The minimum Gasteiger partial charge on any atom is -0.493 e. The maximum Gasteiger partial charge on any atom is 0.161 e. The molecule has 1 atom stereocenters. The van der Waals surface area contributed by atoms with Crippen molar-refractivity contribution in [2.24, 2.45) is 5.92 Å². The highest BCUT2D eigenvalue weighted by Gasteiger charge is 2.22. The summed E-state index contributed by atoms with van der Waals surface area (Å²) < 4.78 is 16.9. The van der Waals surface area contributed by atoms with Gasteiger partial charge in [0, 0.05) is 6.54 Å². The Hall–Kier alpha value is -2.64. The molecule has 0 spiro atoms. The number of likely N-dealkylation sites (tertiary alicyclic amines) is 1. The number of nitrogen functional groups attached to an aromatic ring is 2. The predicted molar refractivity (Wildman–Crippen MR) is 114 cm³/mol. The van der Waals surface area contributed by atoms with Gasteiger partial charge in [-0.2, -0.15) is 0 Å². The number of β-amino-alcohol motifs (C(OH)–C–C–N with tert-alkyl or cyclic N) is 1. The molecular weight excluding hydrogens is 370 g/mol. The number of benzene rings is 2. The Labute approximate surface area is 172 Å². The van der Waals surface area contributed by atoms with Gasteiger partial charge in [0.05, 0.1) is 25.1 Å². The number of nitrogens with two attached hydrogens (primary N) is 2. The van der Waals surface area contributed by atoms with Crippen molar-refractivity contribution < 1.29 is 19.3 Å². The molecule has 7 nitrogen and oxygen atoms in total. The molecule has 0 bridgehead atoms. The lowest BCUT2D eigenvalue weighted by Crippen LogP contribution is -2.41. The molecule has 0 saturated carbocycles. The Morgan fingerprint density at radius 3 is 2.41 bits per heavy atom. The van der Waals surface area contributed by atoms with Crippen molar-refractivity contribution in [3.05, 3.63) is 42.5 Å². The van der Waals surface area contributed by atoms with Crippen LogP contribution in [0.15, 0.2) is 42.5 Å². The Morgan fingerprint density at radius 1 is 1.00 bits per heavy atom. The molecule has 0 aromatic heterocycles. The van der Waals surface area contributed by atoms with Crippen molar-refractivity contribution in [3.63, 3.8) is 0 Å². The van der Waals surface area contributed by atoms with Gasteiger partial charge in [-0.1, -0.05) is 18.2 Å². The van der Waals surface area contributed by atoms with Crippen molar-refractivity contribution in [3.8, 4) is 17.2 Å². The second kappa shape index (κ2) is 10.2. The Morgan fingerprint density at radius 2 is 1.69 bits per heavy atom. The standard InChI is InChI=1S/C22H31N3O4/c1-27-19-6-2-3-7-20(19)28-14-16-9-11-25(12-10-16)13-17(26)15-29-21-8-4-5-18(23)22(21)24/h2-8,16-17,26H,9-15,23-24H2,1H3. The monoisotopic (exact) mass is 401 g/mol. The molecule has 1 aliphatic rings. The van der Waals surface area contributed by atoms with Gasteiger partial charge in [-0.15, -0.1) is 0 Å². The third kappa shape index (κ3) is 5.92. The molecule has 3 rings (SSSR count). The van der Waals surface area contributed by atoms with Gasteiger partial charge in [-0.25, -0.2) is 0 Å². The molecule has 5 N–H and O–H groups in total. The first-order valence-electron chi connectivity index (χ1n) is 9.99. The van der Waals surface area contributed by atoms with E-state index in [1.54, 1.807) is 25.3 Å². The van der Waals surface area contributed by atoms with Crippen LogP contribution in [0.3, 0.4) is 0 Å². The van der Waals surface area contributed by atoms with Crippen LogP contribution in [0.1, 0.15) is 12.8 Å². The minimum absolute atomic E-state index is 0.185. The number of aliphatic hydroxyl groups is 1. The van der Waals surface area contributed by atoms with Gasteiger partial charge >= 0.3 is 0 Å². The fourth-order valence-corrected chi connectivity index (χ4v) is 3.50. The summed E-state index contributed by atoms with van der Waals surface area (Å²) in [6, 6.07) is 13.0. The second-order valence-corrected chi connectivity index (χ2v) is 7.43. The van der Waals surface area contributed by atoms with Gasteiger partial charge in [0.2, 0.25) is 0 Å². The first kappa shape index (κ1) is 21.1. The average Bonchev–Trinajstić information content (AvgIpc) is 2.74. The third-order valence-electron chi connectivity index (χ3n) is 5.25. The Balaban J connectivity index is 1.37. The van der Waals surface area contributed by atoms with Crippen LogP contribution < -0.4 is 25.7 Å². The molecule has 7 heteroatoms. The first-order chi connectivity index (χ1) is 14.1. The maximum absolute atomic E-state index is 10.3. The molecule has 1 aliphatic heterocycles. The number of nitrogens with zero attached hydrogens (tertiary/aromatic N) is 1. The summed E-state index contributed by atoms with van der Waals surface area (Å²) in [5, 5.41) is 10.3. The summed E-state index contributed by atoms with van der Waals surface area (Å²) in [6.45, 7) is 3.29. The van der Waals surface area contributed by atoms with Crippen LogP contribution >= 0.6 is 0 Å². The molecule has 1 unspecified atom stereocenters. The Bertz CT molecular complexity index is 778. The van der Waals surface area contributed by atoms with Crippen LogP contribution in [0.4, 0.5) is 11.4 Å². The van der Waals surface area contributed by atoms with E-state index in [0.29, 0.717) is 36.2 Å². The quantitative estimate of drug-likeness (QED) is 0.554. The van der Waals surface area contributed by atoms with Gasteiger partial charge in [0.15, 0.2) is 11.5 Å². The fourth-order valence-electron chi connectivity index (χ4n) is 3.50. The zero-order valence-electron chi connectivity index (χ0n) is 16.9. The summed E-state index contributed by atoms with van der Waals surface area (Å²) in [5.74, 6) is 2.55. The van der Waals surface area contributed by atoms with Gasteiger partial charge in [0.1, 0.15) is 18.5 Å². The zero-order chi connectivity index (χ0) is 20.6. The van der Waals surface area contributed by atoms with Gasteiger partial charge in [0.25, 0.3) is 0 Å². The molecule has 29 heavy (non-hydrogen) atoms. The van der Waals surface area contributed by atoms with Crippen LogP contribution in [-0.2, 0) is 0 Å². The van der Waals surface area contributed by atoms with Gasteiger partial charge < -0.3 is 35.7 Å². The third-order valence-corrected chi connectivity index (χ3v) is 5.25. The first-order valence-corrected chi connectivity index (χ1v) is 9.99. The predicted octanol–water partition coefficient (Wildman–Crippen LogP) is 2.39. The molecule has 0 aliphatic carbocycles. The van der Waals surface area contributed by atoms with E-state index in [9.17, 15) is 5.11 Å². The maximum atomic E-state index is 10.3. The molecule has 2 aromatic carbocycles. The van der Waals surface area contributed by atoms with Crippen LogP contribution in [0.2, 0.25) is 0 Å². The smallest absolute Gasteiger partial charge is 0.161 e. The van der Waals surface area contributed by atoms with Crippen molar-refractivity contribution in [2.75, 3.05) is 51.4 Å². The van der Waals surface area contributed by atoms with Crippen molar-refractivity contribution in [1.29, 1.82) is 0 Å². The zero-order valence-corrected chi connectivity index (χ0v) is 16.9. The summed E-state index contributed by atoms with van der Waals surface area (Å²) >= 11 is 0. The van der Waals surface area contributed by atoms with Crippen LogP contribution in [0.5, 0.6) is 17.2 Å². The number of hydrogen-bond acceptors (Lipinski definition) is 7. The molecule has 0 radical (unpaired) electrons. The minimum atomic E-state index is -0.586. The summed E-state index contributed by atoms with van der Waals surface area (Å²) in [7, 11) is 1.65. The molecule has 2 aromatic rings. The summed E-state index contributed by atoms with van der Waals surface area (Å²) in [6.07, 6.45) is 1.48. The number of hydrogen-bond donors (Lipinski definition) is 3. The van der Waals surface area contributed by atoms with Crippen LogP contribution in [0, 0.1) is 5.92 Å². The lowest BCUT2D eigenvalue weighted by atomic mass is 9.97. The fraction of sp³-hybridized carbons (Fsp3) is 0.455. The Kier molecular flexibility index (Phi) is 7.43. The van der Waals surface area contributed by atoms with E-state index in [4.69, 9.17) is 25.7 Å². The van der Waals surface area contributed by atoms with Crippen molar-refractivity contribution in [2.45, 2.75) is 18.9 Å². The van der Waals surface area contributed by atoms with E-state index >= 15 is 0 Å². The molecule has 0 amide bonds. The molecule has 158 valence electrons. The molecule has 1 saturated heterocycles. The lowest BCUT2D eigenvalue weighted by Gasteiger charge is -2.33. The van der Waals surface area contributed by atoms with Crippen molar-refractivity contribution in [1.82, 2.24) is 4.90 Å². The number of rotatable bonds is 9.